The van der Waals surface area contributed by atoms with Crippen molar-refractivity contribution in [3.8, 4) is 5.75 Å². The first-order chi connectivity index (χ1) is 10.2. The summed E-state index contributed by atoms with van der Waals surface area (Å²) in [6.07, 6.45) is 0. The number of hydrogen-bond donors (Lipinski definition) is 2. The Morgan fingerprint density at radius 3 is 2.62 bits per heavy atom. The molecule has 0 saturated carbocycles. The molecular weight excluding hydrogens is 287 g/mol. The summed E-state index contributed by atoms with van der Waals surface area (Å²) >= 11 is 5.17. The normalized spacial score (nSPS) is 10.0. The van der Waals surface area contributed by atoms with Gasteiger partial charge in [-0.3, -0.25) is 0 Å². The molecule has 3 nitrogen and oxygen atoms in total. The Hall–Kier alpha value is -2.14. The maximum atomic E-state index is 13.5. The van der Waals surface area contributed by atoms with Crippen molar-refractivity contribution < 1.29 is 9.13 Å². The molecule has 0 unspecified atom stereocenters. The first-order valence-electron chi connectivity index (χ1n) is 6.70. The molecule has 0 aliphatic rings. The van der Waals surface area contributed by atoms with E-state index in [9.17, 15) is 4.39 Å². The fourth-order valence-corrected chi connectivity index (χ4v) is 2.03. The maximum absolute atomic E-state index is 13.5. The molecule has 0 aromatic heterocycles. The fraction of sp³-hybridized carbons (Fsp3) is 0.188. The summed E-state index contributed by atoms with van der Waals surface area (Å²) in [5, 5.41) is 6.25. The summed E-state index contributed by atoms with van der Waals surface area (Å²) in [4.78, 5) is 0. The van der Waals surface area contributed by atoms with Crippen LogP contribution in [0.2, 0.25) is 0 Å². The van der Waals surface area contributed by atoms with Gasteiger partial charge in [-0.1, -0.05) is 30.3 Å². The van der Waals surface area contributed by atoms with Gasteiger partial charge in [0.1, 0.15) is 11.6 Å². The predicted octanol–water partition coefficient (Wildman–Crippen LogP) is 3.71. The average molecular weight is 304 g/mol. The van der Waals surface area contributed by atoms with Gasteiger partial charge < -0.3 is 15.4 Å². The molecule has 0 fully saturated rings. The van der Waals surface area contributed by atoms with Gasteiger partial charge in [0.05, 0.1) is 12.3 Å². The van der Waals surface area contributed by atoms with Crippen LogP contribution in [0.15, 0.2) is 48.5 Å². The Morgan fingerprint density at radius 2 is 1.86 bits per heavy atom. The zero-order valence-electron chi connectivity index (χ0n) is 11.7. The van der Waals surface area contributed by atoms with Crippen LogP contribution in [0, 0.1) is 5.82 Å². The molecule has 0 spiro atoms. The predicted molar refractivity (Wildman–Crippen MR) is 87.1 cm³/mol. The van der Waals surface area contributed by atoms with E-state index in [1.165, 1.54) is 6.07 Å². The topological polar surface area (TPSA) is 33.3 Å². The minimum atomic E-state index is -0.337. The van der Waals surface area contributed by atoms with Gasteiger partial charge in [-0.25, -0.2) is 4.39 Å². The van der Waals surface area contributed by atoms with Gasteiger partial charge in [0, 0.05) is 12.1 Å². The van der Waals surface area contributed by atoms with E-state index in [0.29, 0.717) is 24.0 Å². The third-order valence-corrected chi connectivity index (χ3v) is 3.08. The highest BCUT2D eigenvalue weighted by Gasteiger charge is 2.05. The van der Waals surface area contributed by atoms with Gasteiger partial charge in [0.25, 0.3) is 0 Å². The number of thiocarbonyl (C=S) groups is 1. The Bertz CT molecular complexity index is 619. The summed E-state index contributed by atoms with van der Waals surface area (Å²) < 4.78 is 19.1. The first kappa shape index (κ1) is 15.3. The SMILES string of the molecule is CCOc1ccccc1CNC(=S)Nc1ccccc1F. The molecule has 0 aliphatic heterocycles. The second kappa shape index (κ2) is 7.59. The molecule has 2 aromatic rings. The number of nitrogens with one attached hydrogen (secondary N) is 2. The van der Waals surface area contributed by atoms with Gasteiger partial charge in [0.2, 0.25) is 0 Å². The van der Waals surface area contributed by atoms with Crippen LogP contribution < -0.4 is 15.4 Å². The number of benzene rings is 2. The Balaban J connectivity index is 1.94. The molecule has 110 valence electrons. The highest BCUT2D eigenvalue weighted by atomic mass is 32.1. The molecule has 2 aromatic carbocycles. The minimum Gasteiger partial charge on any atom is -0.494 e. The molecule has 0 atom stereocenters. The summed E-state index contributed by atoms with van der Waals surface area (Å²) in [6, 6.07) is 14.1. The van der Waals surface area contributed by atoms with E-state index in [0.717, 1.165) is 11.3 Å². The lowest BCUT2D eigenvalue weighted by Gasteiger charge is -2.13. The quantitative estimate of drug-likeness (QED) is 0.825. The van der Waals surface area contributed by atoms with Crippen LogP contribution in [-0.2, 0) is 6.54 Å². The monoisotopic (exact) mass is 304 g/mol. The molecule has 0 amide bonds. The average Bonchev–Trinajstić information content (AvgIpc) is 2.49. The van der Waals surface area contributed by atoms with Crippen LogP contribution in [0.4, 0.5) is 10.1 Å². The van der Waals surface area contributed by atoms with E-state index < -0.39 is 0 Å². The van der Waals surface area contributed by atoms with Gasteiger partial charge in [-0.2, -0.15) is 0 Å². The molecule has 0 heterocycles. The number of ether oxygens (including phenoxy) is 1. The third-order valence-electron chi connectivity index (χ3n) is 2.83. The smallest absolute Gasteiger partial charge is 0.171 e. The summed E-state index contributed by atoms with van der Waals surface area (Å²) in [5.74, 6) is 0.484. The van der Waals surface area contributed by atoms with Crippen LogP contribution >= 0.6 is 12.2 Å². The Kier molecular flexibility index (Phi) is 5.51. The molecule has 0 saturated heterocycles. The molecule has 0 aliphatic carbocycles. The molecule has 21 heavy (non-hydrogen) atoms. The zero-order chi connectivity index (χ0) is 15.1. The van der Waals surface area contributed by atoms with Crippen LogP contribution in [0.25, 0.3) is 0 Å². The van der Waals surface area contributed by atoms with E-state index in [4.69, 9.17) is 17.0 Å². The second-order valence-corrected chi connectivity index (χ2v) is 4.74. The van der Waals surface area contributed by atoms with Gasteiger partial charge in [0.15, 0.2) is 5.11 Å². The van der Waals surface area contributed by atoms with Crippen LogP contribution in [-0.4, -0.2) is 11.7 Å². The van der Waals surface area contributed by atoms with Crippen molar-refractivity contribution in [1.82, 2.24) is 5.32 Å². The number of halogens is 1. The van der Waals surface area contributed by atoms with Crippen molar-refractivity contribution >= 4 is 23.0 Å². The third kappa shape index (κ3) is 4.43. The van der Waals surface area contributed by atoms with Crippen molar-refractivity contribution in [3.63, 3.8) is 0 Å². The summed E-state index contributed by atoms with van der Waals surface area (Å²) in [6.45, 7) is 3.06. The van der Waals surface area contributed by atoms with Crippen molar-refractivity contribution in [2.45, 2.75) is 13.5 Å². The van der Waals surface area contributed by atoms with E-state index in [-0.39, 0.29) is 5.82 Å². The van der Waals surface area contributed by atoms with Crippen molar-refractivity contribution in [3.05, 3.63) is 59.9 Å². The van der Waals surface area contributed by atoms with E-state index >= 15 is 0 Å². The van der Waals surface area contributed by atoms with Crippen molar-refractivity contribution in [2.24, 2.45) is 0 Å². The lowest BCUT2D eigenvalue weighted by Crippen LogP contribution is -2.28. The van der Waals surface area contributed by atoms with Gasteiger partial charge >= 0.3 is 0 Å². The number of para-hydroxylation sites is 2. The summed E-state index contributed by atoms with van der Waals surface area (Å²) in [5.41, 5.74) is 1.35. The van der Waals surface area contributed by atoms with E-state index in [1.807, 2.05) is 31.2 Å². The fourth-order valence-electron chi connectivity index (χ4n) is 1.85. The standard InChI is InChI=1S/C16H17FN2OS/c1-2-20-15-10-6-3-7-12(15)11-18-16(21)19-14-9-5-4-8-13(14)17/h3-10H,2,11H2,1H3,(H2,18,19,21). The molecule has 5 heteroatoms. The molecule has 0 radical (unpaired) electrons. The first-order valence-corrected chi connectivity index (χ1v) is 7.11. The van der Waals surface area contributed by atoms with Crippen LogP contribution in [0.5, 0.6) is 5.75 Å². The van der Waals surface area contributed by atoms with Crippen LogP contribution in [0.3, 0.4) is 0 Å². The van der Waals surface area contributed by atoms with E-state index in [2.05, 4.69) is 10.6 Å². The number of hydrogen-bond acceptors (Lipinski definition) is 2. The number of anilines is 1. The second-order valence-electron chi connectivity index (χ2n) is 4.33. The van der Waals surface area contributed by atoms with Gasteiger partial charge in [-0.05, 0) is 37.3 Å². The summed E-state index contributed by atoms with van der Waals surface area (Å²) in [7, 11) is 0. The highest BCUT2D eigenvalue weighted by Crippen LogP contribution is 2.17. The largest absolute Gasteiger partial charge is 0.494 e. The number of rotatable bonds is 5. The maximum Gasteiger partial charge on any atom is 0.171 e. The lowest BCUT2D eigenvalue weighted by atomic mass is 10.2. The molecule has 0 bridgehead atoms. The minimum absolute atomic E-state index is 0.337. The van der Waals surface area contributed by atoms with Crippen molar-refractivity contribution in [1.29, 1.82) is 0 Å². The molecular formula is C16H17FN2OS. The van der Waals surface area contributed by atoms with E-state index in [1.54, 1.807) is 18.2 Å². The molecule has 2 N–H and O–H groups in total. The Morgan fingerprint density at radius 1 is 1.14 bits per heavy atom. The van der Waals surface area contributed by atoms with Gasteiger partial charge in [-0.15, -0.1) is 0 Å². The Labute approximate surface area is 129 Å². The lowest BCUT2D eigenvalue weighted by molar-refractivity contribution is 0.336. The highest BCUT2D eigenvalue weighted by molar-refractivity contribution is 7.80. The van der Waals surface area contributed by atoms with Crippen LogP contribution in [0.1, 0.15) is 12.5 Å². The molecule has 2 rings (SSSR count). The van der Waals surface area contributed by atoms with Crippen molar-refractivity contribution in [2.75, 3.05) is 11.9 Å². The zero-order valence-corrected chi connectivity index (χ0v) is 12.5.